The molecule has 0 N–H and O–H groups in total. The molecular formula is C52H52N2. The summed E-state index contributed by atoms with van der Waals surface area (Å²) in [7, 11) is 0. The van der Waals surface area contributed by atoms with Crippen molar-refractivity contribution in [1.82, 2.24) is 0 Å². The van der Waals surface area contributed by atoms with Crippen molar-refractivity contribution in [3.8, 4) is 11.1 Å². The molecule has 3 aromatic rings. The number of nitrogens with zero attached hydrogens (tertiary/aromatic N) is 2. The lowest BCUT2D eigenvalue weighted by Gasteiger charge is -2.28. The van der Waals surface area contributed by atoms with Gasteiger partial charge in [-0.25, -0.2) is 0 Å². The molecule has 2 aliphatic carbocycles. The Morgan fingerprint density at radius 2 is 1.65 bits per heavy atom. The van der Waals surface area contributed by atoms with E-state index >= 15 is 0 Å². The van der Waals surface area contributed by atoms with Crippen LogP contribution in [0.3, 0.4) is 0 Å². The summed E-state index contributed by atoms with van der Waals surface area (Å²) in [5.74, 6) is 0.476. The fourth-order valence-electron chi connectivity index (χ4n) is 7.58. The number of hydrogen-bond donors (Lipinski definition) is 0. The van der Waals surface area contributed by atoms with Crippen molar-refractivity contribution in [3.63, 3.8) is 0 Å². The van der Waals surface area contributed by atoms with Crippen LogP contribution in [-0.2, 0) is 0 Å². The van der Waals surface area contributed by atoms with Gasteiger partial charge in [-0.05, 0) is 96.2 Å². The van der Waals surface area contributed by atoms with Gasteiger partial charge in [-0.3, -0.25) is 0 Å². The van der Waals surface area contributed by atoms with E-state index in [0.717, 1.165) is 34.6 Å². The fraction of sp³-hybridized carbons (Fsp3) is 0.154. The van der Waals surface area contributed by atoms with E-state index < -0.39 is 0 Å². The number of anilines is 2. The van der Waals surface area contributed by atoms with Gasteiger partial charge in [-0.1, -0.05) is 153 Å². The Bertz CT molecular complexity index is 2170. The zero-order valence-corrected chi connectivity index (χ0v) is 32.0. The second-order valence-electron chi connectivity index (χ2n) is 13.9. The summed E-state index contributed by atoms with van der Waals surface area (Å²) in [6, 6.07) is 28.1. The normalized spacial score (nSPS) is 21.0. The van der Waals surface area contributed by atoms with Gasteiger partial charge in [0, 0.05) is 52.8 Å². The molecule has 0 fully saturated rings. The number of allylic oxidation sites excluding steroid dienone is 17. The lowest BCUT2D eigenvalue weighted by Crippen LogP contribution is -2.23. The van der Waals surface area contributed by atoms with Crippen molar-refractivity contribution in [1.29, 1.82) is 0 Å². The number of fused-ring (bicyclic) bond motifs is 1. The van der Waals surface area contributed by atoms with E-state index in [4.69, 9.17) is 0 Å². The predicted molar refractivity (Wildman–Crippen MR) is 236 cm³/mol. The van der Waals surface area contributed by atoms with Crippen LogP contribution in [-0.4, -0.2) is 6.54 Å². The van der Waals surface area contributed by atoms with Crippen molar-refractivity contribution in [2.75, 3.05) is 16.3 Å². The largest absolute Gasteiger partial charge is 0.337 e. The van der Waals surface area contributed by atoms with Crippen LogP contribution < -0.4 is 9.80 Å². The molecule has 2 heteroatoms. The molecular weight excluding hydrogens is 653 g/mol. The molecule has 270 valence electrons. The van der Waals surface area contributed by atoms with Gasteiger partial charge in [0.25, 0.3) is 0 Å². The van der Waals surface area contributed by atoms with Crippen LogP contribution in [0.15, 0.2) is 230 Å². The Morgan fingerprint density at radius 3 is 2.35 bits per heavy atom. The number of hydrogen-bond acceptors (Lipinski definition) is 2. The Labute approximate surface area is 323 Å². The maximum Gasteiger partial charge on any atom is 0.0464 e. The highest BCUT2D eigenvalue weighted by Crippen LogP contribution is 2.44. The minimum atomic E-state index is 0.125. The van der Waals surface area contributed by atoms with E-state index in [-0.39, 0.29) is 17.8 Å². The molecule has 1 aliphatic heterocycles. The first-order valence-electron chi connectivity index (χ1n) is 19.0. The molecule has 2 nitrogen and oxygen atoms in total. The molecule has 3 aliphatic rings. The molecule has 0 saturated carbocycles. The predicted octanol–water partition coefficient (Wildman–Crippen LogP) is 13.7. The first-order chi connectivity index (χ1) is 26.4. The molecule has 0 spiro atoms. The highest BCUT2D eigenvalue weighted by molar-refractivity contribution is 5.79. The van der Waals surface area contributed by atoms with E-state index in [2.05, 4.69) is 197 Å². The van der Waals surface area contributed by atoms with Gasteiger partial charge in [0.05, 0.1) is 0 Å². The summed E-state index contributed by atoms with van der Waals surface area (Å²) in [6.07, 6.45) is 33.7. The average Bonchev–Trinajstić information content (AvgIpc) is 3.31. The molecule has 3 atom stereocenters. The molecule has 0 bridgehead atoms. The third-order valence-corrected chi connectivity index (χ3v) is 10.5. The standard InChI is InChI=1S/C52H52N2/c1-8-18-40(12-5)45-23-16-24-47(37-45)54-50(19-9-2)39(7)49-25-17-22-42(30-35-52(49)54)44-28-33-48(38(6)11-4)51(34-29-44)53(36-10-3)46-31-26-43(27-32-46)41-20-14-13-15-21-41/h8-21,23-35,37-38,44,49H,1,3-5,22,36H2,2,6-7H3/b19-9-,25-17?,40-18+,42-30+,52-35+. The van der Waals surface area contributed by atoms with Gasteiger partial charge in [-0.2, -0.15) is 0 Å². The summed E-state index contributed by atoms with van der Waals surface area (Å²) in [5.41, 5.74) is 14.4. The SMILES string of the molecule is C=C/C=C(\C=C)c1cccc(N2C(/C=C\C)=C(C)C3C=CC/C(C4C=CC(C(C)C=C)=C(N(CC=C)c5ccc(-c6ccccc6)cc5)C=C4)=C\C=C/32)c1. The van der Waals surface area contributed by atoms with Crippen molar-refractivity contribution in [2.45, 2.75) is 27.2 Å². The van der Waals surface area contributed by atoms with E-state index in [9.17, 15) is 0 Å². The first kappa shape index (κ1) is 37.6. The zero-order chi connectivity index (χ0) is 38.0. The van der Waals surface area contributed by atoms with Gasteiger partial charge < -0.3 is 9.80 Å². The molecule has 3 aromatic carbocycles. The van der Waals surface area contributed by atoms with E-state index in [1.165, 1.54) is 39.2 Å². The summed E-state index contributed by atoms with van der Waals surface area (Å²) in [5, 5.41) is 0. The van der Waals surface area contributed by atoms with Gasteiger partial charge in [0.1, 0.15) is 0 Å². The Hall–Kier alpha value is -6.12. The Balaban J connectivity index is 1.37. The topological polar surface area (TPSA) is 6.48 Å². The van der Waals surface area contributed by atoms with Crippen LogP contribution in [0.2, 0.25) is 0 Å². The smallest absolute Gasteiger partial charge is 0.0464 e. The summed E-state index contributed by atoms with van der Waals surface area (Å²) in [4.78, 5) is 4.78. The molecule has 0 saturated heterocycles. The summed E-state index contributed by atoms with van der Waals surface area (Å²) < 4.78 is 0. The highest BCUT2D eigenvalue weighted by Gasteiger charge is 2.33. The average molecular weight is 705 g/mol. The molecule has 3 unspecified atom stereocenters. The van der Waals surface area contributed by atoms with Crippen LogP contribution in [0.25, 0.3) is 16.7 Å². The van der Waals surface area contributed by atoms with E-state index in [1.54, 1.807) is 0 Å². The Kier molecular flexibility index (Phi) is 12.3. The van der Waals surface area contributed by atoms with Gasteiger partial charge >= 0.3 is 0 Å². The van der Waals surface area contributed by atoms with Crippen LogP contribution >= 0.6 is 0 Å². The van der Waals surface area contributed by atoms with E-state index in [1.807, 2.05) is 30.4 Å². The van der Waals surface area contributed by atoms with Crippen LogP contribution in [0.5, 0.6) is 0 Å². The summed E-state index contributed by atoms with van der Waals surface area (Å²) >= 11 is 0. The quantitative estimate of drug-likeness (QED) is 0.129. The molecule has 0 radical (unpaired) electrons. The molecule has 54 heavy (non-hydrogen) atoms. The van der Waals surface area contributed by atoms with Crippen LogP contribution in [0.1, 0.15) is 32.8 Å². The van der Waals surface area contributed by atoms with Crippen molar-refractivity contribution in [3.05, 3.63) is 236 Å². The van der Waals surface area contributed by atoms with Crippen molar-refractivity contribution >= 4 is 16.9 Å². The first-order valence-corrected chi connectivity index (χ1v) is 19.0. The lowest BCUT2D eigenvalue weighted by atomic mass is 9.90. The van der Waals surface area contributed by atoms with Gasteiger partial charge in [-0.15, -0.1) is 13.2 Å². The van der Waals surface area contributed by atoms with E-state index in [0.29, 0.717) is 6.54 Å². The van der Waals surface area contributed by atoms with Gasteiger partial charge in [0.2, 0.25) is 0 Å². The van der Waals surface area contributed by atoms with Crippen LogP contribution in [0.4, 0.5) is 11.4 Å². The highest BCUT2D eigenvalue weighted by atomic mass is 15.2. The van der Waals surface area contributed by atoms with Gasteiger partial charge in [0.15, 0.2) is 0 Å². The summed E-state index contributed by atoms with van der Waals surface area (Å²) in [6.45, 7) is 23.5. The maximum atomic E-state index is 4.19. The number of rotatable bonds is 13. The molecule has 0 amide bonds. The second kappa shape index (κ2) is 17.6. The minimum Gasteiger partial charge on any atom is -0.337 e. The lowest BCUT2D eigenvalue weighted by molar-refractivity contribution is 0.860. The zero-order valence-electron chi connectivity index (χ0n) is 32.0. The number of benzene rings is 3. The van der Waals surface area contributed by atoms with Crippen molar-refractivity contribution in [2.24, 2.45) is 17.8 Å². The minimum absolute atomic E-state index is 0.125. The molecule has 6 rings (SSSR count). The second-order valence-corrected chi connectivity index (χ2v) is 13.9. The molecule has 0 aromatic heterocycles. The van der Waals surface area contributed by atoms with Crippen molar-refractivity contribution < 1.29 is 0 Å². The molecule has 1 heterocycles. The third-order valence-electron chi connectivity index (χ3n) is 10.5. The maximum absolute atomic E-state index is 4.19. The third kappa shape index (κ3) is 7.94. The van der Waals surface area contributed by atoms with Crippen LogP contribution in [0, 0.1) is 17.8 Å². The monoisotopic (exact) mass is 704 g/mol. The fourth-order valence-corrected chi connectivity index (χ4v) is 7.58. The Morgan fingerprint density at radius 1 is 0.889 bits per heavy atom.